The van der Waals surface area contributed by atoms with E-state index in [9.17, 15) is 0 Å². The lowest BCUT2D eigenvalue weighted by atomic mass is 10.0. The van der Waals surface area contributed by atoms with Gasteiger partial charge in [0, 0.05) is 22.3 Å². The van der Waals surface area contributed by atoms with Gasteiger partial charge in [0.2, 0.25) is 0 Å². The molecule has 0 heterocycles. The van der Waals surface area contributed by atoms with Crippen molar-refractivity contribution < 1.29 is 0 Å². The minimum Gasteiger partial charge on any atom is -0.0616 e. The van der Waals surface area contributed by atoms with Gasteiger partial charge in [0.05, 0.1) is 0 Å². The summed E-state index contributed by atoms with van der Waals surface area (Å²) in [6, 6.07) is 29.5. The van der Waals surface area contributed by atoms with E-state index in [1.165, 1.54) is 33.0 Å². The van der Waals surface area contributed by atoms with Gasteiger partial charge in [0.25, 0.3) is 0 Å². The summed E-state index contributed by atoms with van der Waals surface area (Å²) < 4.78 is 0. The average Bonchev–Trinajstić information content (AvgIpc) is 3.08. The van der Waals surface area contributed by atoms with Gasteiger partial charge in [-0.05, 0) is 60.0 Å². The third-order valence-corrected chi connectivity index (χ3v) is 5.46. The first kappa shape index (κ1) is 18.1. The van der Waals surface area contributed by atoms with Crippen LogP contribution >= 0.6 is 0 Å². The first-order valence-corrected chi connectivity index (χ1v) is 10.1. The third-order valence-electron chi connectivity index (χ3n) is 5.46. The molecule has 0 amide bonds. The molecule has 5 rings (SSSR count). The molecule has 30 heavy (non-hydrogen) atoms. The molecule has 0 spiro atoms. The molecule has 0 radical (unpaired) electrons. The molecule has 0 nitrogen and oxygen atoms in total. The maximum atomic E-state index is 3.45. The van der Waals surface area contributed by atoms with Crippen molar-refractivity contribution >= 4 is 21.9 Å². The number of hydrogen-bond acceptors (Lipinski definition) is 0. The molecular formula is C30H20. The third kappa shape index (κ3) is 3.30. The summed E-state index contributed by atoms with van der Waals surface area (Å²) in [5.74, 6) is 13.6. The van der Waals surface area contributed by atoms with Crippen molar-refractivity contribution in [3.05, 3.63) is 118 Å². The molecule has 0 saturated carbocycles. The van der Waals surface area contributed by atoms with Crippen molar-refractivity contribution in [2.75, 3.05) is 0 Å². The zero-order chi connectivity index (χ0) is 20.5. The minimum absolute atomic E-state index is 1.02. The van der Waals surface area contributed by atoms with Crippen LogP contribution < -0.4 is 0 Å². The van der Waals surface area contributed by atoms with E-state index in [0.29, 0.717) is 0 Å². The van der Waals surface area contributed by atoms with Crippen LogP contribution in [-0.4, -0.2) is 0 Å². The van der Waals surface area contributed by atoms with Crippen molar-refractivity contribution in [2.45, 2.75) is 13.8 Å². The second-order valence-electron chi connectivity index (χ2n) is 7.69. The Bertz CT molecular complexity index is 1310. The molecule has 4 aromatic rings. The topological polar surface area (TPSA) is 0 Å². The fourth-order valence-corrected chi connectivity index (χ4v) is 3.83. The molecule has 0 bridgehead atoms. The Morgan fingerprint density at radius 3 is 1.33 bits per heavy atom. The van der Waals surface area contributed by atoms with Crippen molar-refractivity contribution in [1.29, 1.82) is 0 Å². The number of hydrogen-bond donors (Lipinski definition) is 0. The summed E-state index contributed by atoms with van der Waals surface area (Å²) in [7, 11) is 0. The summed E-state index contributed by atoms with van der Waals surface area (Å²) in [4.78, 5) is 0. The minimum atomic E-state index is 1.02. The van der Waals surface area contributed by atoms with E-state index in [2.05, 4.69) is 122 Å². The summed E-state index contributed by atoms with van der Waals surface area (Å²) in [6.07, 6.45) is 0. The highest BCUT2D eigenvalue weighted by Crippen LogP contribution is 2.41. The normalized spacial score (nSPS) is 11.7. The second-order valence-corrected chi connectivity index (χ2v) is 7.69. The zero-order valence-electron chi connectivity index (χ0n) is 17.1. The standard InChI is InChI=1S/C30H20/c1-21-9-13-23(14-10-21)17-19-26-27(20-18-24-15-11-22(2)12-16-24)29-8-4-6-25-5-3-7-28(26)30(25)29/h3-16H,1-2H3. The van der Waals surface area contributed by atoms with Gasteiger partial charge in [-0.3, -0.25) is 0 Å². The second kappa shape index (κ2) is 7.44. The van der Waals surface area contributed by atoms with Crippen LogP contribution in [0.3, 0.4) is 0 Å². The van der Waals surface area contributed by atoms with Gasteiger partial charge in [-0.25, -0.2) is 0 Å². The van der Waals surface area contributed by atoms with E-state index >= 15 is 0 Å². The Morgan fingerprint density at radius 1 is 0.467 bits per heavy atom. The van der Waals surface area contributed by atoms with Gasteiger partial charge < -0.3 is 0 Å². The number of rotatable bonds is 0. The molecular weight excluding hydrogens is 360 g/mol. The lowest BCUT2D eigenvalue weighted by Crippen LogP contribution is -1.82. The maximum absolute atomic E-state index is 3.45. The Balaban J connectivity index is 1.68. The highest BCUT2D eigenvalue weighted by molar-refractivity contribution is 6.20. The fourth-order valence-electron chi connectivity index (χ4n) is 3.83. The van der Waals surface area contributed by atoms with E-state index in [1.807, 2.05) is 0 Å². The Morgan fingerprint density at radius 2 is 0.900 bits per heavy atom. The monoisotopic (exact) mass is 380 g/mol. The molecule has 1 aliphatic rings. The van der Waals surface area contributed by atoms with E-state index in [4.69, 9.17) is 0 Å². The van der Waals surface area contributed by atoms with Gasteiger partial charge in [-0.2, -0.15) is 0 Å². The summed E-state index contributed by atoms with van der Waals surface area (Å²) in [5.41, 5.74) is 8.89. The molecule has 0 aliphatic heterocycles. The van der Waals surface area contributed by atoms with Crippen LogP contribution in [-0.2, 0) is 0 Å². The molecule has 0 atom stereocenters. The molecule has 0 N–H and O–H groups in total. The van der Waals surface area contributed by atoms with E-state index in [0.717, 1.165) is 22.3 Å². The van der Waals surface area contributed by atoms with Crippen LogP contribution in [0, 0.1) is 37.5 Å². The predicted molar refractivity (Wildman–Crippen MR) is 127 cm³/mol. The number of allylic oxidation sites excluding steroid dienone is 2. The lowest BCUT2D eigenvalue weighted by Gasteiger charge is -2.01. The van der Waals surface area contributed by atoms with Gasteiger partial charge in [-0.1, -0.05) is 95.5 Å². The van der Waals surface area contributed by atoms with E-state index in [1.54, 1.807) is 0 Å². The van der Waals surface area contributed by atoms with Crippen LogP contribution in [0.15, 0.2) is 84.9 Å². The molecule has 140 valence electrons. The van der Waals surface area contributed by atoms with Crippen molar-refractivity contribution in [1.82, 2.24) is 0 Å². The van der Waals surface area contributed by atoms with Gasteiger partial charge in [0.15, 0.2) is 0 Å². The van der Waals surface area contributed by atoms with Crippen LogP contribution in [0.1, 0.15) is 33.4 Å². The van der Waals surface area contributed by atoms with Crippen molar-refractivity contribution in [3.63, 3.8) is 0 Å². The molecule has 4 aromatic carbocycles. The zero-order valence-corrected chi connectivity index (χ0v) is 17.1. The van der Waals surface area contributed by atoms with Crippen molar-refractivity contribution in [2.24, 2.45) is 0 Å². The molecule has 1 aliphatic carbocycles. The largest absolute Gasteiger partial charge is 0.0616 e. The van der Waals surface area contributed by atoms with Gasteiger partial charge in [-0.15, -0.1) is 0 Å². The first-order valence-electron chi connectivity index (χ1n) is 10.1. The van der Waals surface area contributed by atoms with Crippen LogP contribution in [0.25, 0.3) is 21.9 Å². The smallest absolute Gasteiger partial charge is 0.0490 e. The Hall–Kier alpha value is -4.00. The summed E-state index contributed by atoms with van der Waals surface area (Å²) >= 11 is 0. The summed E-state index contributed by atoms with van der Waals surface area (Å²) in [5, 5.41) is 2.48. The lowest BCUT2D eigenvalue weighted by molar-refractivity contribution is 1.46. The molecule has 0 fully saturated rings. The molecule has 0 unspecified atom stereocenters. The number of benzene rings is 4. The predicted octanol–water partition coefficient (Wildman–Crippen LogP) is 6.78. The number of aryl methyl sites for hydroxylation is 2. The Labute approximate surface area is 177 Å². The van der Waals surface area contributed by atoms with E-state index < -0.39 is 0 Å². The highest BCUT2D eigenvalue weighted by Gasteiger charge is 2.21. The SMILES string of the molecule is Cc1ccc(C#CC2=C(C#Cc3ccc(C)cc3)c3cccc4cccc2c34)cc1. The van der Waals surface area contributed by atoms with Crippen LogP contribution in [0.4, 0.5) is 0 Å². The molecule has 0 aromatic heterocycles. The van der Waals surface area contributed by atoms with Crippen LogP contribution in [0.5, 0.6) is 0 Å². The van der Waals surface area contributed by atoms with Gasteiger partial charge >= 0.3 is 0 Å². The molecule has 0 saturated heterocycles. The quantitative estimate of drug-likeness (QED) is 0.295. The molecule has 0 heteroatoms. The maximum Gasteiger partial charge on any atom is 0.0490 e. The fraction of sp³-hybridized carbons (Fsp3) is 0.0667. The van der Waals surface area contributed by atoms with Crippen molar-refractivity contribution in [3.8, 4) is 23.7 Å². The first-order chi connectivity index (χ1) is 14.7. The summed E-state index contributed by atoms with van der Waals surface area (Å²) in [6.45, 7) is 4.18. The highest BCUT2D eigenvalue weighted by atomic mass is 14.2. The van der Waals surface area contributed by atoms with Crippen LogP contribution in [0.2, 0.25) is 0 Å². The van der Waals surface area contributed by atoms with Gasteiger partial charge in [0.1, 0.15) is 0 Å². The van der Waals surface area contributed by atoms with E-state index in [-0.39, 0.29) is 0 Å². The average molecular weight is 380 g/mol. The Kier molecular flexibility index (Phi) is 4.48.